The number of carbonyl (C=O) groups is 1. The normalized spacial score (nSPS) is 23.8. The monoisotopic (exact) mass is 362 g/mol. The Bertz CT molecular complexity index is 841. The molecule has 1 amide bonds. The van der Waals surface area contributed by atoms with Gasteiger partial charge in [0.2, 0.25) is 15.9 Å². The quantitative estimate of drug-likeness (QED) is 0.840. The summed E-state index contributed by atoms with van der Waals surface area (Å²) in [6.07, 6.45) is 10.2. The van der Waals surface area contributed by atoms with E-state index in [0.29, 0.717) is 18.7 Å². The molecule has 0 aliphatic carbocycles. The van der Waals surface area contributed by atoms with E-state index in [-0.39, 0.29) is 10.8 Å². The topological polar surface area (TPSA) is 91.4 Å². The van der Waals surface area contributed by atoms with Crippen LogP contribution in [0.4, 0.5) is 0 Å². The lowest BCUT2D eigenvalue weighted by molar-refractivity contribution is -0.120. The van der Waals surface area contributed by atoms with E-state index < -0.39 is 15.7 Å². The molecular formula is C17H22N4O3S. The van der Waals surface area contributed by atoms with Crippen LogP contribution in [0, 0.1) is 0 Å². The van der Waals surface area contributed by atoms with Gasteiger partial charge in [-0.05, 0) is 49.8 Å². The summed E-state index contributed by atoms with van der Waals surface area (Å²) in [6.45, 7) is 4.39. The molecule has 3 heterocycles. The van der Waals surface area contributed by atoms with Crippen molar-refractivity contribution in [3.63, 3.8) is 0 Å². The zero-order chi connectivity index (χ0) is 18.1. The van der Waals surface area contributed by atoms with Crippen LogP contribution in [0.2, 0.25) is 0 Å². The van der Waals surface area contributed by atoms with Crippen LogP contribution >= 0.6 is 0 Å². The van der Waals surface area contributed by atoms with Crippen LogP contribution < -0.4 is 10.6 Å². The number of nitrogens with zero attached hydrogens (tertiary/aromatic N) is 2. The molecule has 0 saturated carbocycles. The molecule has 3 rings (SSSR count). The molecule has 25 heavy (non-hydrogen) atoms. The second kappa shape index (κ2) is 6.61. The number of rotatable bonds is 4. The van der Waals surface area contributed by atoms with Crippen LogP contribution in [-0.2, 0) is 14.8 Å². The smallest absolute Gasteiger partial charge is 0.244 e. The van der Waals surface area contributed by atoms with Crippen molar-refractivity contribution in [2.24, 2.45) is 0 Å². The first-order valence-electron chi connectivity index (χ1n) is 8.22. The molecule has 1 atom stereocenters. The highest BCUT2D eigenvalue weighted by molar-refractivity contribution is 7.89. The molecule has 8 heteroatoms. The molecule has 2 N–H and O–H groups in total. The SMILES string of the molecule is CC(=O)NC1(C)C=C(c2cncc(S(=O)(=O)N3CCCC3)c2)C=CN1. The maximum atomic E-state index is 12.7. The summed E-state index contributed by atoms with van der Waals surface area (Å²) >= 11 is 0. The van der Waals surface area contributed by atoms with Gasteiger partial charge in [-0.1, -0.05) is 0 Å². The average Bonchev–Trinajstić information content (AvgIpc) is 3.09. The van der Waals surface area contributed by atoms with Crippen molar-refractivity contribution in [3.8, 4) is 0 Å². The minimum atomic E-state index is -3.51. The lowest BCUT2D eigenvalue weighted by Crippen LogP contribution is -2.53. The number of aromatic nitrogens is 1. The van der Waals surface area contributed by atoms with Gasteiger partial charge in [-0.2, -0.15) is 4.31 Å². The molecule has 7 nitrogen and oxygen atoms in total. The highest BCUT2D eigenvalue weighted by Crippen LogP contribution is 2.26. The van der Waals surface area contributed by atoms with Crippen LogP contribution in [0.5, 0.6) is 0 Å². The first-order chi connectivity index (χ1) is 11.8. The van der Waals surface area contributed by atoms with Gasteiger partial charge < -0.3 is 10.6 Å². The molecule has 0 radical (unpaired) electrons. The highest BCUT2D eigenvalue weighted by Gasteiger charge is 2.28. The summed E-state index contributed by atoms with van der Waals surface area (Å²) in [5.74, 6) is -0.163. The maximum absolute atomic E-state index is 12.7. The third kappa shape index (κ3) is 3.74. The second-order valence-corrected chi connectivity index (χ2v) is 8.42. The highest BCUT2D eigenvalue weighted by atomic mass is 32.2. The van der Waals surface area contributed by atoms with E-state index in [2.05, 4.69) is 15.6 Å². The molecule has 0 bridgehead atoms. The number of sulfonamides is 1. The first-order valence-corrected chi connectivity index (χ1v) is 9.66. The van der Waals surface area contributed by atoms with Crippen molar-refractivity contribution in [2.45, 2.75) is 37.2 Å². The Hall–Kier alpha value is -2.19. The zero-order valence-electron chi connectivity index (χ0n) is 14.3. The molecular weight excluding hydrogens is 340 g/mol. The Balaban J connectivity index is 1.94. The van der Waals surface area contributed by atoms with Crippen LogP contribution in [0.3, 0.4) is 0 Å². The van der Waals surface area contributed by atoms with E-state index in [9.17, 15) is 13.2 Å². The van der Waals surface area contributed by atoms with Crippen molar-refractivity contribution < 1.29 is 13.2 Å². The van der Waals surface area contributed by atoms with Gasteiger partial charge in [0.15, 0.2) is 0 Å². The van der Waals surface area contributed by atoms with E-state index >= 15 is 0 Å². The number of amides is 1. The Labute approximate surface area is 147 Å². The van der Waals surface area contributed by atoms with Gasteiger partial charge in [0, 0.05) is 38.0 Å². The number of allylic oxidation sites excluding steroid dienone is 2. The van der Waals surface area contributed by atoms with Gasteiger partial charge in [-0.3, -0.25) is 9.78 Å². The van der Waals surface area contributed by atoms with Gasteiger partial charge in [-0.25, -0.2) is 8.42 Å². The van der Waals surface area contributed by atoms with Crippen molar-refractivity contribution in [2.75, 3.05) is 13.1 Å². The molecule has 1 aromatic rings. The Kier molecular flexibility index (Phi) is 4.66. The van der Waals surface area contributed by atoms with Gasteiger partial charge in [0.25, 0.3) is 0 Å². The summed E-state index contributed by atoms with van der Waals surface area (Å²) < 4.78 is 26.9. The molecule has 1 saturated heterocycles. The Morgan fingerprint density at radius 1 is 1.32 bits per heavy atom. The fourth-order valence-electron chi connectivity index (χ4n) is 3.12. The van der Waals surface area contributed by atoms with Crippen molar-refractivity contribution in [3.05, 3.63) is 42.4 Å². The van der Waals surface area contributed by atoms with E-state index in [1.165, 1.54) is 17.4 Å². The number of nitrogens with one attached hydrogen (secondary N) is 2. The standard InChI is InChI=1S/C17H22N4O3S/c1-13(22)20-17(2)10-14(5-6-19-17)15-9-16(12-18-11-15)25(23,24)21-7-3-4-8-21/h5-6,9-12,19H,3-4,7-8H2,1-2H3,(H,20,22). The van der Waals surface area contributed by atoms with E-state index in [0.717, 1.165) is 18.4 Å². The fourth-order valence-corrected chi connectivity index (χ4v) is 4.63. The van der Waals surface area contributed by atoms with Crippen LogP contribution in [-0.4, -0.2) is 42.4 Å². The molecule has 2 aliphatic rings. The summed E-state index contributed by atoms with van der Waals surface area (Å²) in [6, 6.07) is 1.64. The van der Waals surface area contributed by atoms with Gasteiger partial charge >= 0.3 is 0 Å². The van der Waals surface area contributed by atoms with Crippen molar-refractivity contribution >= 4 is 21.5 Å². The maximum Gasteiger partial charge on any atom is 0.244 e. The van der Waals surface area contributed by atoms with Crippen LogP contribution in [0.15, 0.2) is 41.7 Å². The molecule has 134 valence electrons. The minimum Gasteiger partial charge on any atom is -0.366 e. The van der Waals surface area contributed by atoms with Crippen LogP contribution in [0.1, 0.15) is 32.3 Å². The molecule has 2 aliphatic heterocycles. The molecule has 1 unspecified atom stereocenters. The molecule has 0 spiro atoms. The summed E-state index contributed by atoms with van der Waals surface area (Å²) in [7, 11) is -3.51. The van der Waals surface area contributed by atoms with Crippen LogP contribution in [0.25, 0.3) is 5.57 Å². The lowest BCUT2D eigenvalue weighted by Gasteiger charge is -2.31. The zero-order valence-corrected chi connectivity index (χ0v) is 15.1. The van der Waals surface area contributed by atoms with E-state index in [4.69, 9.17) is 0 Å². The predicted molar refractivity (Wildman–Crippen MR) is 94.7 cm³/mol. The number of pyridine rings is 1. The first kappa shape index (κ1) is 17.6. The number of hydrogen-bond donors (Lipinski definition) is 2. The fraction of sp³-hybridized carbons (Fsp3) is 0.412. The minimum absolute atomic E-state index is 0.163. The second-order valence-electron chi connectivity index (χ2n) is 6.48. The molecule has 1 aromatic heterocycles. The van der Waals surface area contributed by atoms with Crippen molar-refractivity contribution in [1.29, 1.82) is 0 Å². The Morgan fingerprint density at radius 3 is 2.72 bits per heavy atom. The molecule has 0 aromatic carbocycles. The average molecular weight is 362 g/mol. The third-order valence-electron chi connectivity index (χ3n) is 4.28. The summed E-state index contributed by atoms with van der Waals surface area (Å²) in [4.78, 5) is 15.7. The van der Waals surface area contributed by atoms with Gasteiger partial charge in [-0.15, -0.1) is 0 Å². The van der Waals surface area contributed by atoms with E-state index in [1.807, 2.05) is 19.1 Å². The lowest BCUT2D eigenvalue weighted by atomic mass is 9.99. The molecule has 1 fully saturated rings. The van der Waals surface area contributed by atoms with Gasteiger partial charge in [0.05, 0.1) is 0 Å². The summed E-state index contributed by atoms with van der Waals surface area (Å²) in [5, 5.41) is 5.90. The van der Waals surface area contributed by atoms with Gasteiger partial charge in [0.1, 0.15) is 10.6 Å². The van der Waals surface area contributed by atoms with Crippen molar-refractivity contribution in [1.82, 2.24) is 19.9 Å². The number of carbonyl (C=O) groups excluding carboxylic acids is 1. The van der Waals surface area contributed by atoms with E-state index in [1.54, 1.807) is 18.5 Å². The predicted octanol–water partition coefficient (Wildman–Crippen LogP) is 1.22. The number of hydrogen-bond acceptors (Lipinski definition) is 5. The Morgan fingerprint density at radius 2 is 2.04 bits per heavy atom. The third-order valence-corrected chi connectivity index (χ3v) is 6.14. The summed E-state index contributed by atoms with van der Waals surface area (Å²) in [5.41, 5.74) is 0.746. The number of dihydropyridines is 1. The largest absolute Gasteiger partial charge is 0.366 e.